The van der Waals surface area contributed by atoms with Crippen molar-refractivity contribution in [3.8, 4) is 0 Å². The molecule has 0 aliphatic carbocycles. The van der Waals surface area contributed by atoms with Gasteiger partial charge in [0.1, 0.15) is 0 Å². The van der Waals surface area contributed by atoms with Gasteiger partial charge in [-0.15, -0.1) is 0 Å². The summed E-state index contributed by atoms with van der Waals surface area (Å²) >= 11 is 0. The SMILES string of the molecule is Cc1ccn(C(CNC(C)C)c2ccccc2)n1. The van der Waals surface area contributed by atoms with E-state index in [2.05, 4.69) is 54.7 Å². The van der Waals surface area contributed by atoms with E-state index in [4.69, 9.17) is 0 Å². The van der Waals surface area contributed by atoms with E-state index in [0.717, 1.165) is 12.2 Å². The maximum absolute atomic E-state index is 4.54. The van der Waals surface area contributed by atoms with E-state index in [1.165, 1.54) is 5.56 Å². The van der Waals surface area contributed by atoms with Crippen molar-refractivity contribution >= 4 is 0 Å². The first-order chi connectivity index (χ1) is 8.66. The molecule has 2 aromatic rings. The van der Waals surface area contributed by atoms with E-state index in [1.807, 2.05) is 23.7 Å². The van der Waals surface area contributed by atoms with Crippen molar-refractivity contribution in [3.63, 3.8) is 0 Å². The van der Waals surface area contributed by atoms with Crippen LogP contribution in [0, 0.1) is 6.92 Å². The lowest BCUT2D eigenvalue weighted by Gasteiger charge is -2.20. The third kappa shape index (κ3) is 3.20. The topological polar surface area (TPSA) is 29.9 Å². The van der Waals surface area contributed by atoms with E-state index >= 15 is 0 Å². The fraction of sp³-hybridized carbons (Fsp3) is 0.400. The second kappa shape index (κ2) is 5.83. The van der Waals surface area contributed by atoms with Crippen molar-refractivity contribution in [2.24, 2.45) is 0 Å². The molecule has 1 heterocycles. The van der Waals surface area contributed by atoms with Crippen molar-refractivity contribution < 1.29 is 0 Å². The molecular weight excluding hydrogens is 222 g/mol. The molecule has 3 nitrogen and oxygen atoms in total. The normalized spacial score (nSPS) is 12.9. The highest BCUT2D eigenvalue weighted by Gasteiger charge is 2.14. The summed E-state index contributed by atoms with van der Waals surface area (Å²) in [6, 6.07) is 13.3. The molecule has 1 aromatic heterocycles. The fourth-order valence-electron chi connectivity index (χ4n) is 1.99. The standard InChI is InChI=1S/C15H21N3/c1-12(2)16-11-15(14-7-5-4-6-8-14)18-10-9-13(3)17-18/h4-10,12,15-16H,11H2,1-3H3. The molecule has 0 spiro atoms. The average Bonchev–Trinajstić information content (AvgIpc) is 2.77. The maximum Gasteiger partial charge on any atom is 0.0892 e. The molecule has 0 saturated heterocycles. The molecule has 0 bridgehead atoms. The molecule has 1 unspecified atom stereocenters. The van der Waals surface area contributed by atoms with Crippen LogP contribution in [0.5, 0.6) is 0 Å². The Bertz CT molecular complexity index is 473. The Morgan fingerprint density at radius 1 is 1.17 bits per heavy atom. The van der Waals surface area contributed by atoms with Crippen LogP contribution in [-0.4, -0.2) is 22.4 Å². The van der Waals surface area contributed by atoms with E-state index in [0.29, 0.717) is 6.04 Å². The molecule has 96 valence electrons. The quantitative estimate of drug-likeness (QED) is 0.875. The molecule has 18 heavy (non-hydrogen) atoms. The molecule has 3 heteroatoms. The van der Waals surface area contributed by atoms with E-state index in [9.17, 15) is 0 Å². The van der Waals surface area contributed by atoms with Crippen LogP contribution in [0.4, 0.5) is 0 Å². The number of nitrogens with zero attached hydrogens (tertiary/aromatic N) is 2. The fourth-order valence-corrected chi connectivity index (χ4v) is 1.99. The highest BCUT2D eigenvalue weighted by atomic mass is 15.3. The van der Waals surface area contributed by atoms with Gasteiger partial charge in [-0.1, -0.05) is 44.2 Å². The number of nitrogens with one attached hydrogen (secondary N) is 1. The lowest BCUT2D eigenvalue weighted by molar-refractivity contribution is 0.454. The van der Waals surface area contributed by atoms with Crippen LogP contribution in [0.25, 0.3) is 0 Å². The predicted octanol–water partition coefficient (Wildman–Crippen LogP) is 2.78. The van der Waals surface area contributed by atoms with Gasteiger partial charge in [0, 0.05) is 18.8 Å². The van der Waals surface area contributed by atoms with Crippen LogP contribution in [-0.2, 0) is 0 Å². The first kappa shape index (κ1) is 12.8. The monoisotopic (exact) mass is 243 g/mol. The molecule has 1 N–H and O–H groups in total. The molecule has 0 saturated carbocycles. The molecule has 0 aliphatic heterocycles. The van der Waals surface area contributed by atoms with Gasteiger partial charge in [0.25, 0.3) is 0 Å². The van der Waals surface area contributed by atoms with Crippen LogP contribution in [0.3, 0.4) is 0 Å². The molecule has 1 aromatic carbocycles. The van der Waals surface area contributed by atoms with Gasteiger partial charge in [0.2, 0.25) is 0 Å². The maximum atomic E-state index is 4.54. The van der Waals surface area contributed by atoms with E-state index < -0.39 is 0 Å². The van der Waals surface area contributed by atoms with Crippen molar-refractivity contribution in [1.29, 1.82) is 0 Å². The smallest absolute Gasteiger partial charge is 0.0892 e. The molecule has 1 atom stereocenters. The summed E-state index contributed by atoms with van der Waals surface area (Å²) in [6.07, 6.45) is 2.05. The Hall–Kier alpha value is -1.61. The van der Waals surface area contributed by atoms with Crippen LogP contribution < -0.4 is 5.32 Å². The van der Waals surface area contributed by atoms with Gasteiger partial charge >= 0.3 is 0 Å². The summed E-state index contributed by atoms with van der Waals surface area (Å²) < 4.78 is 2.04. The molecular formula is C15H21N3. The highest BCUT2D eigenvalue weighted by molar-refractivity contribution is 5.20. The zero-order valence-electron chi connectivity index (χ0n) is 11.3. The van der Waals surface area contributed by atoms with Gasteiger partial charge in [0.05, 0.1) is 11.7 Å². The van der Waals surface area contributed by atoms with Gasteiger partial charge in [-0.25, -0.2) is 0 Å². The van der Waals surface area contributed by atoms with Crippen molar-refractivity contribution in [2.45, 2.75) is 32.9 Å². The molecule has 0 amide bonds. The third-order valence-corrected chi connectivity index (χ3v) is 2.96. The number of aryl methyl sites for hydroxylation is 1. The lowest BCUT2D eigenvalue weighted by Crippen LogP contribution is -2.31. The Morgan fingerprint density at radius 3 is 2.44 bits per heavy atom. The van der Waals surface area contributed by atoms with Gasteiger partial charge in [-0.05, 0) is 18.6 Å². The number of aromatic nitrogens is 2. The minimum Gasteiger partial charge on any atom is -0.312 e. The van der Waals surface area contributed by atoms with Gasteiger partial charge in [-0.2, -0.15) is 5.10 Å². The Labute approximate surface area is 109 Å². The Kier molecular flexibility index (Phi) is 4.15. The van der Waals surface area contributed by atoms with Crippen molar-refractivity contribution in [3.05, 3.63) is 53.9 Å². The first-order valence-corrected chi connectivity index (χ1v) is 6.47. The number of rotatable bonds is 5. The summed E-state index contributed by atoms with van der Waals surface area (Å²) in [7, 11) is 0. The number of hydrogen-bond acceptors (Lipinski definition) is 2. The minimum absolute atomic E-state index is 0.252. The molecule has 2 rings (SSSR count). The second-order valence-corrected chi connectivity index (χ2v) is 4.93. The summed E-state index contributed by atoms with van der Waals surface area (Å²) in [5.41, 5.74) is 2.34. The summed E-state index contributed by atoms with van der Waals surface area (Å²) in [5.74, 6) is 0. The highest BCUT2D eigenvalue weighted by Crippen LogP contribution is 2.17. The van der Waals surface area contributed by atoms with Crippen LogP contribution >= 0.6 is 0 Å². The third-order valence-electron chi connectivity index (χ3n) is 2.96. The average molecular weight is 243 g/mol. The van der Waals surface area contributed by atoms with Crippen LogP contribution in [0.2, 0.25) is 0 Å². The largest absolute Gasteiger partial charge is 0.312 e. The van der Waals surface area contributed by atoms with Crippen LogP contribution in [0.15, 0.2) is 42.6 Å². The molecule has 0 radical (unpaired) electrons. The van der Waals surface area contributed by atoms with E-state index in [-0.39, 0.29) is 6.04 Å². The first-order valence-electron chi connectivity index (χ1n) is 6.47. The predicted molar refractivity (Wildman–Crippen MR) is 74.7 cm³/mol. The molecule has 0 aliphatic rings. The van der Waals surface area contributed by atoms with Crippen molar-refractivity contribution in [1.82, 2.24) is 15.1 Å². The van der Waals surface area contributed by atoms with Gasteiger partial charge < -0.3 is 5.32 Å². The zero-order chi connectivity index (χ0) is 13.0. The zero-order valence-corrected chi connectivity index (χ0v) is 11.3. The lowest BCUT2D eigenvalue weighted by atomic mass is 10.1. The second-order valence-electron chi connectivity index (χ2n) is 4.93. The van der Waals surface area contributed by atoms with Gasteiger partial charge in [0.15, 0.2) is 0 Å². The summed E-state index contributed by atoms with van der Waals surface area (Å²) in [4.78, 5) is 0. The van der Waals surface area contributed by atoms with Gasteiger partial charge in [-0.3, -0.25) is 4.68 Å². The van der Waals surface area contributed by atoms with Crippen molar-refractivity contribution in [2.75, 3.05) is 6.54 Å². The number of hydrogen-bond donors (Lipinski definition) is 1. The van der Waals surface area contributed by atoms with Crippen LogP contribution in [0.1, 0.15) is 31.1 Å². The van der Waals surface area contributed by atoms with E-state index in [1.54, 1.807) is 0 Å². The minimum atomic E-state index is 0.252. The number of benzene rings is 1. The molecule has 0 fully saturated rings. The Balaban J connectivity index is 2.23. The summed E-state index contributed by atoms with van der Waals surface area (Å²) in [5, 5.41) is 8.03. The Morgan fingerprint density at radius 2 is 1.89 bits per heavy atom. The summed E-state index contributed by atoms with van der Waals surface area (Å²) in [6.45, 7) is 7.24.